The molecule has 0 saturated carbocycles. The van der Waals surface area contributed by atoms with Crippen molar-refractivity contribution < 1.29 is 8.78 Å². The number of benzene rings is 2. The van der Waals surface area contributed by atoms with Crippen LogP contribution in [0.5, 0.6) is 0 Å². The maximum absolute atomic E-state index is 13.5. The summed E-state index contributed by atoms with van der Waals surface area (Å²) in [7, 11) is 0. The minimum absolute atomic E-state index is 0.445. The summed E-state index contributed by atoms with van der Waals surface area (Å²) in [6, 6.07) is 9.77. The third-order valence-electron chi connectivity index (χ3n) is 2.38. The molecule has 0 aromatic heterocycles. The molecule has 0 unspecified atom stereocenters. The van der Waals surface area contributed by atoms with Gasteiger partial charge in [-0.05, 0) is 18.2 Å². The van der Waals surface area contributed by atoms with Crippen molar-refractivity contribution in [3.8, 4) is 0 Å². The first-order valence-corrected chi connectivity index (χ1v) is 5.58. The van der Waals surface area contributed by atoms with Gasteiger partial charge in [-0.25, -0.2) is 8.78 Å². The van der Waals surface area contributed by atoms with Crippen LogP contribution in [0.3, 0.4) is 0 Å². The van der Waals surface area contributed by atoms with Crippen molar-refractivity contribution in [1.29, 1.82) is 0 Å². The number of para-hydroxylation sites is 1. The average Bonchev–Trinajstić information content (AvgIpc) is 2.27. The fourth-order valence-corrected chi connectivity index (χ4v) is 2.64. The van der Waals surface area contributed by atoms with Gasteiger partial charge in [-0.3, -0.25) is 0 Å². The molecule has 0 bridgehead atoms. The third-order valence-corrected chi connectivity index (χ3v) is 3.57. The lowest BCUT2D eigenvalue weighted by Crippen LogP contribution is -2.02. The van der Waals surface area contributed by atoms with Gasteiger partial charge in [-0.15, -0.1) is 0 Å². The first-order valence-electron chi connectivity index (χ1n) is 4.77. The molecule has 0 atom stereocenters. The number of hydrogen-bond acceptors (Lipinski definition) is 2. The first kappa shape index (κ1) is 9.66. The molecule has 3 rings (SSSR count). The molecule has 2 aromatic rings. The zero-order chi connectivity index (χ0) is 11.1. The Bertz CT molecular complexity index is 569. The van der Waals surface area contributed by atoms with Crippen LogP contribution < -0.4 is 5.32 Å². The smallest absolute Gasteiger partial charge is 0.142 e. The Morgan fingerprint density at radius 3 is 2.69 bits per heavy atom. The molecule has 1 aliphatic rings. The summed E-state index contributed by atoms with van der Waals surface area (Å²) >= 11 is 1.31. The summed E-state index contributed by atoms with van der Waals surface area (Å²) in [6.07, 6.45) is 0. The molecule has 0 aliphatic carbocycles. The van der Waals surface area contributed by atoms with Gasteiger partial charge in [0.2, 0.25) is 0 Å². The van der Waals surface area contributed by atoms with Crippen LogP contribution in [0.2, 0.25) is 0 Å². The summed E-state index contributed by atoms with van der Waals surface area (Å²) in [6.45, 7) is 0. The highest BCUT2D eigenvalue weighted by molar-refractivity contribution is 7.99. The van der Waals surface area contributed by atoms with E-state index in [0.717, 1.165) is 16.6 Å². The standard InChI is InChI=1S/C12H7F2NS/c13-7-5-8(14)12-10(6-7)15-9-3-1-2-4-11(9)16-12/h1-6,15H. The molecule has 16 heavy (non-hydrogen) atoms. The Balaban J connectivity index is 2.15. The molecular weight excluding hydrogens is 228 g/mol. The second-order valence-electron chi connectivity index (χ2n) is 3.49. The molecule has 0 amide bonds. The maximum atomic E-state index is 13.5. The van der Waals surface area contributed by atoms with Crippen molar-refractivity contribution in [2.24, 2.45) is 0 Å². The van der Waals surface area contributed by atoms with Gasteiger partial charge < -0.3 is 5.32 Å². The maximum Gasteiger partial charge on any atom is 0.142 e. The number of fused-ring (bicyclic) bond motifs is 2. The number of anilines is 2. The fourth-order valence-electron chi connectivity index (χ4n) is 1.67. The van der Waals surface area contributed by atoms with Gasteiger partial charge in [-0.2, -0.15) is 0 Å². The highest BCUT2D eigenvalue weighted by Crippen LogP contribution is 2.45. The van der Waals surface area contributed by atoms with Gasteiger partial charge in [0, 0.05) is 11.0 Å². The molecule has 80 valence electrons. The van der Waals surface area contributed by atoms with E-state index in [4.69, 9.17) is 0 Å². The summed E-state index contributed by atoms with van der Waals surface area (Å²) in [4.78, 5) is 1.39. The fraction of sp³-hybridized carbons (Fsp3) is 0. The summed E-state index contributed by atoms with van der Waals surface area (Å²) in [5, 5.41) is 3.02. The lowest BCUT2D eigenvalue weighted by Gasteiger charge is -2.20. The quantitative estimate of drug-likeness (QED) is 0.627. The Morgan fingerprint density at radius 2 is 1.81 bits per heavy atom. The largest absolute Gasteiger partial charge is 0.354 e. The molecule has 0 spiro atoms. The zero-order valence-corrected chi connectivity index (χ0v) is 8.94. The number of rotatable bonds is 0. The molecule has 0 saturated heterocycles. The summed E-state index contributed by atoms with van der Waals surface area (Å²) in [5.74, 6) is -1.09. The SMILES string of the molecule is Fc1cc(F)c2c(c1)Nc1ccccc1S2. The van der Waals surface area contributed by atoms with Crippen molar-refractivity contribution in [2.75, 3.05) is 5.32 Å². The molecule has 1 nitrogen and oxygen atoms in total. The molecule has 4 heteroatoms. The Morgan fingerprint density at radius 1 is 1.00 bits per heavy atom. The van der Waals surface area contributed by atoms with E-state index in [0.29, 0.717) is 10.6 Å². The van der Waals surface area contributed by atoms with E-state index in [1.54, 1.807) is 0 Å². The van der Waals surface area contributed by atoms with Crippen LogP contribution in [0.15, 0.2) is 46.2 Å². The highest BCUT2D eigenvalue weighted by atomic mass is 32.2. The Labute approximate surface area is 95.5 Å². The Kier molecular flexibility index (Phi) is 2.11. The van der Waals surface area contributed by atoms with Crippen LogP contribution in [0.25, 0.3) is 0 Å². The molecule has 1 N–H and O–H groups in total. The van der Waals surface area contributed by atoms with Gasteiger partial charge in [0.05, 0.1) is 16.3 Å². The number of halogens is 2. The number of hydrogen-bond donors (Lipinski definition) is 1. The highest BCUT2D eigenvalue weighted by Gasteiger charge is 2.19. The molecule has 1 aliphatic heterocycles. The van der Waals surface area contributed by atoms with Crippen molar-refractivity contribution in [3.05, 3.63) is 48.0 Å². The van der Waals surface area contributed by atoms with Crippen molar-refractivity contribution >= 4 is 23.1 Å². The average molecular weight is 235 g/mol. The lowest BCUT2D eigenvalue weighted by atomic mass is 10.2. The van der Waals surface area contributed by atoms with E-state index in [2.05, 4.69) is 5.32 Å². The van der Waals surface area contributed by atoms with Crippen molar-refractivity contribution in [2.45, 2.75) is 9.79 Å². The van der Waals surface area contributed by atoms with Crippen LogP contribution in [-0.2, 0) is 0 Å². The van der Waals surface area contributed by atoms with E-state index in [1.165, 1.54) is 17.8 Å². The van der Waals surface area contributed by atoms with E-state index in [1.807, 2.05) is 24.3 Å². The predicted molar refractivity (Wildman–Crippen MR) is 60.2 cm³/mol. The summed E-state index contributed by atoms with van der Waals surface area (Å²) in [5.41, 5.74) is 1.37. The van der Waals surface area contributed by atoms with E-state index >= 15 is 0 Å². The third kappa shape index (κ3) is 1.46. The minimum atomic E-state index is -0.566. The molecule has 2 aromatic carbocycles. The second kappa shape index (κ2) is 3.49. The molecule has 1 heterocycles. The van der Waals surface area contributed by atoms with E-state index in [9.17, 15) is 8.78 Å². The van der Waals surface area contributed by atoms with Crippen LogP contribution in [-0.4, -0.2) is 0 Å². The Hall–Kier alpha value is -1.55. The molecular formula is C12H7F2NS. The predicted octanol–water partition coefficient (Wildman–Crippen LogP) is 4.17. The van der Waals surface area contributed by atoms with Gasteiger partial charge in [-0.1, -0.05) is 23.9 Å². The van der Waals surface area contributed by atoms with Gasteiger partial charge in [0.1, 0.15) is 11.6 Å². The van der Waals surface area contributed by atoms with Crippen LogP contribution >= 0.6 is 11.8 Å². The summed E-state index contributed by atoms with van der Waals surface area (Å²) < 4.78 is 26.6. The van der Waals surface area contributed by atoms with Gasteiger partial charge in [0.15, 0.2) is 0 Å². The van der Waals surface area contributed by atoms with E-state index in [-0.39, 0.29) is 0 Å². The minimum Gasteiger partial charge on any atom is -0.354 e. The van der Waals surface area contributed by atoms with Gasteiger partial charge >= 0.3 is 0 Å². The van der Waals surface area contributed by atoms with Crippen LogP contribution in [0.4, 0.5) is 20.2 Å². The van der Waals surface area contributed by atoms with Gasteiger partial charge in [0.25, 0.3) is 0 Å². The topological polar surface area (TPSA) is 12.0 Å². The van der Waals surface area contributed by atoms with E-state index < -0.39 is 11.6 Å². The zero-order valence-electron chi connectivity index (χ0n) is 8.13. The first-order chi connectivity index (χ1) is 7.74. The second-order valence-corrected chi connectivity index (χ2v) is 4.54. The monoisotopic (exact) mass is 235 g/mol. The lowest BCUT2D eigenvalue weighted by molar-refractivity contribution is 0.567. The van der Waals surface area contributed by atoms with Crippen LogP contribution in [0.1, 0.15) is 0 Å². The van der Waals surface area contributed by atoms with Crippen LogP contribution in [0, 0.1) is 11.6 Å². The molecule has 0 radical (unpaired) electrons. The normalized spacial score (nSPS) is 12.6. The molecule has 0 fully saturated rings. The van der Waals surface area contributed by atoms with Crippen molar-refractivity contribution in [3.63, 3.8) is 0 Å². The van der Waals surface area contributed by atoms with Crippen molar-refractivity contribution in [1.82, 2.24) is 0 Å². The number of nitrogens with one attached hydrogen (secondary N) is 1.